The van der Waals surface area contributed by atoms with E-state index >= 15 is 0 Å². The first-order valence-corrected chi connectivity index (χ1v) is 9.60. The highest BCUT2D eigenvalue weighted by Gasteiger charge is 2.30. The lowest BCUT2D eigenvalue weighted by atomic mass is 10.2. The van der Waals surface area contributed by atoms with Crippen LogP contribution in [0.5, 0.6) is 0 Å². The molecule has 1 aliphatic rings. The summed E-state index contributed by atoms with van der Waals surface area (Å²) in [5.74, 6) is -1.88. The predicted octanol–water partition coefficient (Wildman–Crippen LogP) is 1.31. The molecule has 3 rings (SSSR count). The van der Waals surface area contributed by atoms with Crippen molar-refractivity contribution in [1.82, 2.24) is 15.8 Å². The molecular formula is C22H23N5O4. The number of amides is 2. The van der Waals surface area contributed by atoms with Crippen molar-refractivity contribution in [3.63, 3.8) is 0 Å². The molecular weight excluding hydrogens is 398 g/mol. The van der Waals surface area contributed by atoms with Crippen molar-refractivity contribution in [3.05, 3.63) is 78.0 Å². The summed E-state index contributed by atoms with van der Waals surface area (Å²) in [5, 5.41) is 4.09. The first-order chi connectivity index (χ1) is 15.0. The van der Waals surface area contributed by atoms with Crippen molar-refractivity contribution < 1.29 is 19.2 Å². The van der Waals surface area contributed by atoms with Crippen LogP contribution in [-0.2, 0) is 14.4 Å². The number of carbonyl (C=O) groups excluding carboxylic acids is 3. The largest absolute Gasteiger partial charge is 0.376 e. The number of likely N-dealkylation sites (N-methyl/N-ethyl adjacent to an activating group) is 1. The molecule has 160 valence electrons. The summed E-state index contributed by atoms with van der Waals surface area (Å²) < 4.78 is 0. The Kier molecular flexibility index (Phi) is 7.26. The number of benzene rings is 2. The highest BCUT2D eigenvalue weighted by Crippen LogP contribution is 2.21. The second-order valence-corrected chi connectivity index (χ2v) is 6.91. The van der Waals surface area contributed by atoms with Crippen LogP contribution in [0.2, 0.25) is 0 Å². The molecule has 0 spiro atoms. The fourth-order valence-corrected chi connectivity index (χ4v) is 2.69. The van der Waals surface area contributed by atoms with Crippen LogP contribution in [0.1, 0.15) is 10.4 Å². The zero-order valence-electron chi connectivity index (χ0n) is 17.2. The third kappa shape index (κ3) is 5.84. The molecule has 31 heavy (non-hydrogen) atoms. The van der Waals surface area contributed by atoms with Crippen molar-refractivity contribution >= 4 is 29.2 Å². The number of hydrogen-bond acceptors (Lipinski definition) is 7. The number of rotatable bonds is 7. The van der Waals surface area contributed by atoms with E-state index in [-0.39, 0.29) is 11.4 Å². The second-order valence-electron chi connectivity index (χ2n) is 6.91. The molecule has 0 bridgehead atoms. The molecule has 0 saturated carbocycles. The molecule has 1 fully saturated rings. The lowest BCUT2D eigenvalue weighted by molar-refractivity contribution is -0.140. The monoisotopic (exact) mass is 421 g/mol. The number of para-hydroxylation sites is 1. The molecule has 1 aliphatic heterocycles. The van der Waals surface area contributed by atoms with Crippen LogP contribution in [-0.4, -0.2) is 55.6 Å². The molecule has 0 unspecified atom stereocenters. The molecule has 9 nitrogen and oxygen atoms in total. The minimum atomic E-state index is -0.704. The molecule has 0 radical (unpaired) electrons. The van der Waals surface area contributed by atoms with E-state index < -0.39 is 17.8 Å². The minimum Gasteiger partial charge on any atom is -0.349 e. The van der Waals surface area contributed by atoms with Crippen molar-refractivity contribution in [2.24, 2.45) is 4.99 Å². The van der Waals surface area contributed by atoms with Gasteiger partial charge in [0.2, 0.25) is 0 Å². The maximum absolute atomic E-state index is 12.8. The zero-order valence-corrected chi connectivity index (χ0v) is 17.2. The van der Waals surface area contributed by atoms with E-state index in [1.807, 2.05) is 25.1 Å². The third-order valence-electron chi connectivity index (χ3n) is 4.29. The van der Waals surface area contributed by atoms with E-state index in [0.29, 0.717) is 24.3 Å². The standard InChI is InChI=1S/C22H23N5O4/c1-26(2)14-13-23-21(29)18(24-20(28)16-9-5-3-6-10-16)15-19-22(30)31-25-27(19)17-11-7-4-8-12-17/h3-12,15,25H,13-14H2,1-2H3,(H,23,29)/b19-15+,24-18?. The van der Waals surface area contributed by atoms with Crippen LogP contribution in [0.15, 0.2) is 77.4 Å². The van der Waals surface area contributed by atoms with Crippen LogP contribution in [0.4, 0.5) is 5.69 Å². The van der Waals surface area contributed by atoms with E-state index in [4.69, 9.17) is 4.84 Å². The van der Waals surface area contributed by atoms with Gasteiger partial charge in [0.1, 0.15) is 5.71 Å². The van der Waals surface area contributed by atoms with Gasteiger partial charge in [-0.2, -0.15) is 0 Å². The van der Waals surface area contributed by atoms with Gasteiger partial charge in [-0.3, -0.25) is 9.59 Å². The van der Waals surface area contributed by atoms with Crippen LogP contribution < -0.4 is 15.9 Å². The Balaban J connectivity index is 1.94. The van der Waals surface area contributed by atoms with Gasteiger partial charge in [-0.05, 0) is 38.4 Å². The Morgan fingerprint density at radius 2 is 1.74 bits per heavy atom. The lowest BCUT2D eigenvalue weighted by Gasteiger charge is -2.15. The van der Waals surface area contributed by atoms with Gasteiger partial charge < -0.3 is 15.1 Å². The number of anilines is 1. The number of nitrogens with one attached hydrogen (secondary N) is 2. The average Bonchev–Trinajstić information content (AvgIpc) is 3.14. The molecule has 1 heterocycles. The number of carbonyl (C=O) groups is 3. The highest BCUT2D eigenvalue weighted by atomic mass is 16.7. The quantitative estimate of drug-likeness (QED) is 0.513. The summed E-state index contributed by atoms with van der Waals surface area (Å²) in [6.07, 6.45) is 1.24. The first-order valence-electron chi connectivity index (χ1n) is 9.60. The van der Waals surface area contributed by atoms with Crippen LogP contribution in [0.3, 0.4) is 0 Å². The number of aliphatic imine (C=N–C) groups is 1. The number of nitrogens with zero attached hydrogens (tertiary/aromatic N) is 3. The molecule has 9 heteroatoms. The molecule has 0 atom stereocenters. The lowest BCUT2D eigenvalue weighted by Crippen LogP contribution is -2.36. The van der Waals surface area contributed by atoms with Gasteiger partial charge in [-0.25, -0.2) is 14.8 Å². The molecule has 2 aromatic rings. The van der Waals surface area contributed by atoms with Gasteiger partial charge in [0.15, 0.2) is 5.70 Å². The Bertz CT molecular complexity index is 1000. The minimum absolute atomic E-state index is 0.0218. The van der Waals surface area contributed by atoms with E-state index in [1.54, 1.807) is 54.6 Å². The van der Waals surface area contributed by atoms with Crippen LogP contribution in [0.25, 0.3) is 0 Å². The van der Waals surface area contributed by atoms with Crippen LogP contribution in [0, 0.1) is 0 Å². The van der Waals surface area contributed by atoms with Gasteiger partial charge in [0, 0.05) is 24.7 Å². The predicted molar refractivity (Wildman–Crippen MR) is 116 cm³/mol. The Morgan fingerprint density at radius 1 is 1.10 bits per heavy atom. The summed E-state index contributed by atoms with van der Waals surface area (Å²) in [5.41, 5.74) is 3.25. The number of hydrogen-bond donors (Lipinski definition) is 2. The summed E-state index contributed by atoms with van der Waals surface area (Å²) in [6.45, 7) is 0.945. The summed E-state index contributed by atoms with van der Waals surface area (Å²) in [7, 11) is 3.75. The van der Waals surface area contributed by atoms with Gasteiger partial charge in [0.05, 0.1) is 5.69 Å². The topological polar surface area (TPSA) is 103 Å². The van der Waals surface area contributed by atoms with Gasteiger partial charge in [-0.15, -0.1) is 0 Å². The van der Waals surface area contributed by atoms with Crippen molar-refractivity contribution in [3.8, 4) is 0 Å². The summed E-state index contributed by atoms with van der Waals surface area (Å²) in [4.78, 5) is 48.5. The van der Waals surface area contributed by atoms with Crippen molar-refractivity contribution in [1.29, 1.82) is 0 Å². The second kappa shape index (κ2) is 10.3. The van der Waals surface area contributed by atoms with Gasteiger partial charge in [0.25, 0.3) is 11.8 Å². The van der Waals surface area contributed by atoms with E-state index in [9.17, 15) is 14.4 Å². The van der Waals surface area contributed by atoms with E-state index in [0.717, 1.165) is 0 Å². The van der Waals surface area contributed by atoms with E-state index in [2.05, 4.69) is 15.9 Å². The Hall–Kier alpha value is -3.82. The SMILES string of the molecule is CN(C)CCNC(=O)C(/C=C1\C(=O)ONN1c1ccccc1)=NC(=O)c1ccccc1. The van der Waals surface area contributed by atoms with E-state index in [1.165, 1.54) is 11.1 Å². The number of hydrazine groups is 1. The molecule has 1 saturated heterocycles. The van der Waals surface area contributed by atoms with Gasteiger partial charge >= 0.3 is 5.97 Å². The fourth-order valence-electron chi connectivity index (χ4n) is 2.69. The average molecular weight is 421 g/mol. The first kappa shape index (κ1) is 21.9. The third-order valence-corrected chi connectivity index (χ3v) is 4.29. The molecule has 2 aromatic carbocycles. The molecule has 0 aromatic heterocycles. The van der Waals surface area contributed by atoms with Crippen molar-refractivity contribution in [2.75, 3.05) is 32.2 Å². The maximum Gasteiger partial charge on any atom is 0.376 e. The molecule has 2 N–H and O–H groups in total. The zero-order chi connectivity index (χ0) is 22.2. The smallest absolute Gasteiger partial charge is 0.349 e. The van der Waals surface area contributed by atoms with Crippen LogP contribution >= 0.6 is 0 Å². The fraction of sp³-hybridized carbons (Fsp3) is 0.182. The highest BCUT2D eigenvalue weighted by molar-refractivity contribution is 6.45. The Labute approximate surface area is 179 Å². The normalized spacial score (nSPS) is 15.3. The maximum atomic E-state index is 12.8. The molecule has 2 amide bonds. The van der Waals surface area contributed by atoms with Gasteiger partial charge in [-0.1, -0.05) is 42.0 Å². The molecule has 0 aliphatic carbocycles. The summed E-state index contributed by atoms with van der Waals surface area (Å²) in [6, 6.07) is 17.3. The Morgan fingerprint density at radius 3 is 2.39 bits per heavy atom. The summed E-state index contributed by atoms with van der Waals surface area (Å²) >= 11 is 0. The van der Waals surface area contributed by atoms with Crippen molar-refractivity contribution in [2.45, 2.75) is 0 Å².